The Hall–Kier alpha value is -1.20. The molecular weight excluding hydrogens is 280 g/mol. The molecular formula is C16H22N4S. The first kappa shape index (κ1) is 13.5. The number of thiophene rings is 1. The minimum Gasteiger partial charge on any atom is -0.349 e. The van der Waals surface area contributed by atoms with Crippen molar-refractivity contribution in [2.24, 2.45) is 0 Å². The Bertz CT molecular complexity index is 653. The molecule has 0 N–H and O–H groups in total. The van der Waals surface area contributed by atoms with E-state index in [1.807, 2.05) is 0 Å². The molecule has 5 heteroatoms. The van der Waals surface area contributed by atoms with Gasteiger partial charge in [0.05, 0.1) is 10.2 Å². The maximum Gasteiger partial charge on any atom is 0.150 e. The summed E-state index contributed by atoms with van der Waals surface area (Å²) in [5.74, 6) is 1.16. The molecule has 2 aromatic rings. The fourth-order valence-electron chi connectivity index (χ4n) is 3.86. The summed E-state index contributed by atoms with van der Waals surface area (Å²) in [6.07, 6.45) is 5.61. The summed E-state index contributed by atoms with van der Waals surface area (Å²) in [5, 5.41) is 2.20. The lowest BCUT2D eigenvalue weighted by Crippen LogP contribution is -2.56. The Morgan fingerprint density at radius 2 is 2.24 bits per heavy atom. The van der Waals surface area contributed by atoms with Gasteiger partial charge in [-0.1, -0.05) is 6.92 Å². The van der Waals surface area contributed by atoms with Crippen LogP contribution in [-0.2, 0) is 0 Å². The van der Waals surface area contributed by atoms with E-state index in [4.69, 9.17) is 0 Å². The van der Waals surface area contributed by atoms with Gasteiger partial charge >= 0.3 is 0 Å². The van der Waals surface area contributed by atoms with Gasteiger partial charge in [0, 0.05) is 25.2 Å². The molecule has 4 nitrogen and oxygen atoms in total. The quantitative estimate of drug-likeness (QED) is 0.853. The van der Waals surface area contributed by atoms with Crippen molar-refractivity contribution in [3.63, 3.8) is 0 Å². The van der Waals surface area contributed by atoms with Crippen molar-refractivity contribution in [3.8, 4) is 0 Å². The number of aromatic nitrogens is 2. The van der Waals surface area contributed by atoms with Gasteiger partial charge in [-0.3, -0.25) is 4.90 Å². The van der Waals surface area contributed by atoms with Crippen molar-refractivity contribution in [2.45, 2.75) is 45.2 Å². The predicted octanol–water partition coefficient (Wildman–Crippen LogP) is 3.06. The number of aryl methyl sites for hydroxylation is 1. The minimum atomic E-state index is 0.583. The SMILES string of the molecule is CC[C@H]1CN2CCC[C@H]2CN1c1ncnc2c(C)csc12. The first-order valence-corrected chi connectivity index (χ1v) is 8.85. The summed E-state index contributed by atoms with van der Waals surface area (Å²) in [6.45, 7) is 8.04. The smallest absolute Gasteiger partial charge is 0.150 e. The van der Waals surface area contributed by atoms with Crippen LogP contribution in [0.2, 0.25) is 0 Å². The van der Waals surface area contributed by atoms with E-state index in [2.05, 4.69) is 39.0 Å². The van der Waals surface area contributed by atoms with E-state index < -0.39 is 0 Å². The van der Waals surface area contributed by atoms with Gasteiger partial charge < -0.3 is 4.90 Å². The molecule has 0 bridgehead atoms. The average molecular weight is 302 g/mol. The molecule has 2 fully saturated rings. The molecule has 2 aliphatic heterocycles. The highest BCUT2D eigenvalue weighted by atomic mass is 32.1. The van der Waals surface area contributed by atoms with E-state index in [1.54, 1.807) is 17.7 Å². The van der Waals surface area contributed by atoms with Crippen molar-refractivity contribution in [2.75, 3.05) is 24.5 Å². The second-order valence-electron chi connectivity index (χ2n) is 6.30. The van der Waals surface area contributed by atoms with Crippen molar-refractivity contribution in [1.82, 2.24) is 14.9 Å². The Kier molecular flexibility index (Phi) is 3.34. The second kappa shape index (κ2) is 5.21. The lowest BCUT2D eigenvalue weighted by atomic mass is 10.0. The highest BCUT2D eigenvalue weighted by Crippen LogP contribution is 2.35. The van der Waals surface area contributed by atoms with Gasteiger partial charge in [-0.2, -0.15) is 0 Å². The lowest BCUT2D eigenvalue weighted by molar-refractivity contribution is 0.194. The van der Waals surface area contributed by atoms with Gasteiger partial charge in [0.15, 0.2) is 0 Å². The molecule has 4 heterocycles. The number of hydrogen-bond acceptors (Lipinski definition) is 5. The third-order valence-electron chi connectivity index (χ3n) is 5.05. The molecule has 4 rings (SSSR count). The van der Waals surface area contributed by atoms with Gasteiger partial charge in [0.2, 0.25) is 0 Å². The normalized spacial score (nSPS) is 26.5. The van der Waals surface area contributed by atoms with E-state index in [-0.39, 0.29) is 0 Å². The number of rotatable bonds is 2. The van der Waals surface area contributed by atoms with Crippen LogP contribution in [0.1, 0.15) is 31.7 Å². The average Bonchev–Trinajstić information content (AvgIpc) is 3.12. The maximum atomic E-state index is 4.66. The molecule has 2 aliphatic rings. The van der Waals surface area contributed by atoms with Crippen molar-refractivity contribution in [3.05, 3.63) is 17.3 Å². The summed E-state index contributed by atoms with van der Waals surface area (Å²) >= 11 is 1.79. The first-order valence-electron chi connectivity index (χ1n) is 7.97. The number of nitrogens with zero attached hydrogens (tertiary/aromatic N) is 4. The second-order valence-corrected chi connectivity index (χ2v) is 7.18. The summed E-state index contributed by atoms with van der Waals surface area (Å²) in [6, 6.07) is 1.30. The number of piperazine rings is 1. The predicted molar refractivity (Wildman–Crippen MR) is 88.2 cm³/mol. The van der Waals surface area contributed by atoms with Crippen molar-refractivity contribution >= 4 is 27.4 Å². The largest absolute Gasteiger partial charge is 0.349 e. The van der Waals surface area contributed by atoms with E-state index >= 15 is 0 Å². The van der Waals surface area contributed by atoms with Crippen LogP contribution in [0.5, 0.6) is 0 Å². The lowest BCUT2D eigenvalue weighted by Gasteiger charge is -2.44. The van der Waals surface area contributed by atoms with Gasteiger partial charge in [0.1, 0.15) is 12.1 Å². The Morgan fingerprint density at radius 1 is 1.33 bits per heavy atom. The summed E-state index contributed by atoms with van der Waals surface area (Å²) in [5.41, 5.74) is 2.40. The van der Waals surface area contributed by atoms with Gasteiger partial charge in [-0.25, -0.2) is 9.97 Å². The highest BCUT2D eigenvalue weighted by molar-refractivity contribution is 7.18. The van der Waals surface area contributed by atoms with E-state index in [0.29, 0.717) is 6.04 Å². The van der Waals surface area contributed by atoms with Gasteiger partial charge in [0.25, 0.3) is 0 Å². The molecule has 0 amide bonds. The highest BCUT2D eigenvalue weighted by Gasteiger charge is 2.36. The summed E-state index contributed by atoms with van der Waals surface area (Å²) in [4.78, 5) is 14.4. The van der Waals surface area contributed by atoms with Crippen LogP contribution >= 0.6 is 11.3 Å². The molecule has 0 radical (unpaired) electrons. The minimum absolute atomic E-state index is 0.583. The van der Waals surface area contributed by atoms with Crippen LogP contribution in [0.25, 0.3) is 10.2 Å². The first-order chi connectivity index (χ1) is 10.3. The third kappa shape index (κ3) is 2.14. The molecule has 0 spiro atoms. The topological polar surface area (TPSA) is 32.3 Å². The molecule has 2 aromatic heterocycles. The number of hydrogen-bond donors (Lipinski definition) is 0. The molecule has 0 aromatic carbocycles. The van der Waals surface area contributed by atoms with Crippen LogP contribution in [-0.4, -0.2) is 46.6 Å². The molecule has 0 saturated carbocycles. The van der Waals surface area contributed by atoms with Crippen molar-refractivity contribution < 1.29 is 0 Å². The summed E-state index contributed by atoms with van der Waals surface area (Å²) in [7, 11) is 0. The van der Waals surface area contributed by atoms with Crippen molar-refractivity contribution in [1.29, 1.82) is 0 Å². The van der Waals surface area contributed by atoms with E-state index in [9.17, 15) is 0 Å². The Labute approximate surface area is 129 Å². The van der Waals surface area contributed by atoms with E-state index in [1.165, 1.54) is 42.6 Å². The number of fused-ring (bicyclic) bond motifs is 2. The molecule has 21 heavy (non-hydrogen) atoms. The summed E-state index contributed by atoms with van der Waals surface area (Å²) < 4.78 is 1.26. The number of anilines is 1. The van der Waals surface area contributed by atoms with Crippen LogP contribution in [0.15, 0.2) is 11.7 Å². The molecule has 0 unspecified atom stereocenters. The molecule has 2 atom stereocenters. The zero-order valence-corrected chi connectivity index (χ0v) is 13.6. The maximum absolute atomic E-state index is 4.66. The molecule has 2 saturated heterocycles. The monoisotopic (exact) mass is 302 g/mol. The zero-order valence-electron chi connectivity index (χ0n) is 12.7. The van der Waals surface area contributed by atoms with Gasteiger partial charge in [-0.15, -0.1) is 11.3 Å². The zero-order chi connectivity index (χ0) is 14.4. The van der Waals surface area contributed by atoms with Crippen LogP contribution in [0.3, 0.4) is 0 Å². The fourth-order valence-corrected chi connectivity index (χ4v) is 4.87. The third-order valence-corrected chi connectivity index (χ3v) is 6.13. The van der Waals surface area contributed by atoms with Crippen LogP contribution in [0, 0.1) is 6.92 Å². The van der Waals surface area contributed by atoms with Crippen LogP contribution < -0.4 is 4.90 Å². The molecule has 112 valence electrons. The van der Waals surface area contributed by atoms with Crippen LogP contribution in [0.4, 0.5) is 5.82 Å². The standard InChI is InChI=1S/C16H22N4S/c1-3-12-7-19-6-4-5-13(19)8-20(12)16-15-14(17-10-18-16)11(2)9-21-15/h9-10,12-13H,3-8H2,1-2H3/t12-,13-/m0/s1. The Balaban J connectivity index is 1.75. The van der Waals surface area contributed by atoms with E-state index in [0.717, 1.165) is 23.9 Å². The fraction of sp³-hybridized carbons (Fsp3) is 0.625. The molecule has 0 aliphatic carbocycles. The van der Waals surface area contributed by atoms with Gasteiger partial charge in [-0.05, 0) is 43.7 Å². The Morgan fingerprint density at radius 3 is 3.10 bits per heavy atom.